The van der Waals surface area contributed by atoms with Crippen LogP contribution in [0.1, 0.15) is 16.8 Å². The molecule has 1 heterocycles. The summed E-state index contributed by atoms with van der Waals surface area (Å²) in [6, 6.07) is 4.44. The first-order valence-corrected chi connectivity index (χ1v) is 5.93. The highest BCUT2D eigenvalue weighted by atomic mass is 79.9. The fraction of sp³-hybridized carbons (Fsp3) is 0.364. The van der Waals surface area contributed by atoms with Crippen LogP contribution in [0.5, 0.6) is 0 Å². The van der Waals surface area contributed by atoms with Crippen LogP contribution in [0.25, 0.3) is 0 Å². The number of rotatable bonds is 2. The van der Waals surface area contributed by atoms with Crippen LogP contribution in [0.15, 0.2) is 22.7 Å². The maximum Gasteiger partial charge on any atom is 0.251 e. The summed E-state index contributed by atoms with van der Waals surface area (Å²) in [5.74, 6) is -0.520. The van der Waals surface area contributed by atoms with Gasteiger partial charge in [-0.3, -0.25) is 4.79 Å². The zero-order chi connectivity index (χ0) is 11.5. The van der Waals surface area contributed by atoms with E-state index >= 15 is 0 Å². The van der Waals surface area contributed by atoms with E-state index in [0.717, 1.165) is 19.5 Å². The van der Waals surface area contributed by atoms with Gasteiger partial charge in [0.25, 0.3) is 5.91 Å². The minimum Gasteiger partial charge on any atom is -0.348 e. The highest BCUT2D eigenvalue weighted by Crippen LogP contribution is 2.17. The Balaban J connectivity index is 0.00000144. The zero-order valence-corrected chi connectivity index (χ0v) is 11.4. The van der Waals surface area contributed by atoms with Crippen molar-refractivity contribution in [3.05, 3.63) is 34.1 Å². The highest BCUT2D eigenvalue weighted by molar-refractivity contribution is 9.10. The van der Waals surface area contributed by atoms with Crippen LogP contribution in [0, 0.1) is 5.82 Å². The Morgan fingerprint density at radius 3 is 2.88 bits per heavy atom. The van der Waals surface area contributed by atoms with Gasteiger partial charge in [0.2, 0.25) is 0 Å². The fourth-order valence-electron chi connectivity index (χ4n) is 1.68. The minimum atomic E-state index is -0.362. The molecule has 0 aromatic heterocycles. The first kappa shape index (κ1) is 14.4. The summed E-state index contributed by atoms with van der Waals surface area (Å²) in [6.07, 6.45) is 0.939. The van der Waals surface area contributed by atoms with Crippen LogP contribution in [0.2, 0.25) is 0 Å². The molecule has 1 aromatic rings. The average Bonchev–Trinajstić information content (AvgIpc) is 2.74. The molecule has 1 unspecified atom stereocenters. The molecule has 2 N–H and O–H groups in total. The normalized spacial score (nSPS) is 18.6. The number of carbonyl (C=O) groups is 1. The number of carbonyl (C=O) groups excluding carboxylic acids is 1. The standard InChI is InChI=1S/C11H12BrFN2O.ClH/c12-9-5-7(1-2-10(9)13)11(16)15-8-3-4-14-6-8;/h1-2,5,8,14H,3-4,6H2,(H,15,16);1H. The summed E-state index contributed by atoms with van der Waals surface area (Å²) in [7, 11) is 0. The molecule has 2 rings (SSSR count). The van der Waals surface area contributed by atoms with Crippen LogP contribution < -0.4 is 10.6 Å². The van der Waals surface area contributed by atoms with Gasteiger partial charge in [-0.25, -0.2) is 4.39 Å². The van der Waals surface area contributed by atoms with Crippen molar-refractivity contribution in [3.8, 4) is 0 Å². The molecule has 1 aliphatic heterocycles. The zero-order valence-electron chi connectivity index (χ0n) is 9.00. The summed E-state index contributed by atoms with van der Waals surface area (Å²) in [5, 5.41) is 6.06. The number of nitrogens with one attached hydrogen (secondary N) is 2. The summed E-state index contributed by atoms with van der Waals surface area (Å²) in [6.45, 7) is 1.73. The summed E-state index contributed by atoms with van der Waals surface area (Å²) in [4.78, 5) is 11.8. The Hall–Kier alpha value is -0.650. The van der Waals surface area contributed by atoms with E-state index in [9.17, 15) is 9.18 Å². The van der Waals surface area contributed by atoms with Crippen LogP contribution in [-0.2, 0) is 0 Å². The summed E-state index contributed by atoms with van der Waals surface area (Å²) in [5.41, 5.74) is 0.472. The van der Waals surface area contributed by atoms with Gasteiger partial charge in [0.15, 0.2) is 0 Å². The molecule has 0 bridgehead atoms. The molecule has 0 aliphatic carbocycles. The van der Waals surface area contributed by atoms with E-state index in [1.54, 1.807) is 0 Å². The van der Waals surface area contributed by atoms with E-state index in [2.05, 4.69) is 26.6 Å². The van der Waals surface area contributed by atoms with Gasteiger partial charge in [0, 0.05) is 18.2 Å². The van der Waals surface area contributed by atoms with Crippen LogP contribution in [0.3, 0.4) is 0 Å². The number of halogens is 3. The highest BCUT2D eigenvalue weighted by Gasteiger charge is 2.17. The molecule has 1 aromatic carbocycles. The van der Waals surface area contributed by atoms with Crippen molar-refractivity contribution in [3.63, 3.8) is 0 Å². The monoisotopic (exact) mass is 322 g/mol. The van der Waals surface area contributed by atoms with Gasteiger partial charge in [-0.2, -0.15) is 0 Å². The molecule has 0 radical (unpaired) electrons. The second-order valence-electron chi connectivity index (χ2n) is 3.79. The van der Waals surface area contributed by atoms with E-state index in [1.165, 1.54) is 18.2 Å². The lowest BCUT2D eigenvalue weighted by molar-refractivity contribution is 0.0940. The van der Waals surface area contributed by atoms with Gasteiger partial charge in [0.1, 0.15) is 5.82 Å². The Morgan fingerprint density at radius 2 is 2.29 bits per heavy atom. The molecule has 1 aliphatic rings. The van der Waals surface area contributed by atoms with E-state index in [1.807, 2.05) is 0 Å². The molecule has 0 saturated carbocycles. The number of benzene rings is 1. The van der Waals surface area contributed by atoms with Crippen molar-refractivity contribution in [1.29, 1.82) is 0 Å². The molecule has 1 fully saturated rings. The maximum atomic E-state index is 13.0. The molecule has 1 amide bonds. The molecule has 94 valence electrons. The molecule has 1 saturated heterocycles. The van der Waals surface area contributed by atoms with Crippen LogP contribution >= 0.6 is 28.3 Å². The van der Waals surface area contributed by atoms with E-state index in [-0.39, 0.29) is 30.2 Å². The molecule has 6 heteroatoms. The summed E-state index contributed by atoms with van der Waals surface area (Å²) < 4.78 is 13.3. The first-order chi connectivity index (χ1) is 7.66. The molecular formula is C11H13BrClFN2O. The Morgan fingerprint density at radius 1 is 1.53 bits per heavy atom. The van der Waals surface area contributed by atoms with E-state index < -0.39 is 0 Å². The van der Waals surface area contributed by atoms with Gasteiger partial charge in [-0.1, -0.05) is 0 Å². The number of hydrogen-bond donors (Lipinski definition) is 2. The van der Waals surface area contributed by atoms with Crippen molar-refractivity contribution in [2.24, 2.45) is 0 Å². The fourth-order valence-corrected chi connectivity index (χ4v) is 2.06. The lowest BCUT2D eigenvalue weighted by Crippen LogP contribution is -2.36. The minimum absolute atomic E-state index is 0. The second kappa shape index (κ2) is 6.33. The van der Waals surface area contributed by atoms with Crippen molar-refractivity contribution < 1.29 is 9.18 Å². The number of hydrogen-bond acceptors (Lipinski definition) is 2. The first-order valence-electron chi connectivity index (χ1n) is 5.13. The lowest BCUT2D eigenvalue weighted by atomic mass is 10.2. The summed E-state index contributed by atoms with van der Waals surface area (Å²) >= 11 is 3.06. The molecule has 0 spiro atoms. The van der Waals surface area contributed by atoms with Gasteiger partial charge < -0.3 is 10.6 Å². The van der Waals surface area contributed by atoms with Gasteiger partial charge >= 0.3 is 0 Å². The van der Waals surface area contributed by atoms with Crippen LogP contribution in [-0.4, -0.2) is 25.0 Å². The predicted molar refractivity (Wildman–Crippen MR) is 70.1 cm³/mol. The molecule has 1 atom stereocenters. The predicted octanol–water partition coefficient (Wildman–Crippen LogP) is 2.10. The molecule has 17 heavy (non-hydrogen) atoms. The molecular weight excluding hydrogens is 310 g/mol. The van der Waals surface area contributed by atoms with Crippen molar-refractivity contribution in [2.75, 3.05) is 13.1 Å². The molecule has 3 nitrogen and oxygen atoms in total. The topological polar surface area (TPSA) is 41.1 Å². The Labute approximate surface area is 114 Å². The van der Waals surface area contributed by atoms with Crippen molar-refractivity contribution in [2.45, 2.75) is 12.5 Å². The third-order valence-corrected chi connectivity index (χ3v) is 3.19. The third-order valence-electron chi connectivity index (χ3n) is 2.58. The van der Waals surface area contributed by atoms with Gasteiger partial charge in [-0.15, -0.1) is 12.4 Å². The third kappa shape index (κ3) is 3.66. The van der Waals surface area contributed by atoms with Crippen LogP contribution in [0.4, 0.5) is 4.39 Å². The van der Waals surface area contributed by atoms with E-state index in [4.69, 9.17) is 0 Å². The van der Waals surface area contributed by atoms with Crippen molar-refractivity contribution >= 4 is 34.2 Å². The van der Waals surface area contributed by atoms with Gasteiger partial charge in [0.05, 0.1) is 4.47 Å². The number of amides is 1. The smallest absolute Gasteiger partial charge is 0.251 e. The SMILES string of the molecule is Cl.O=C(NC1CCNC1)c1ccc(F)c(Br)c1. The Kier molecular flexibility index (Phi) is 5.36. The maximum absolute atomic E-state index is 13.0. The lowest BCUT2D eigenvalue weighted by Gasteiger charge is -2.11. The van der Waals surface area contributed by atoms with Crippen molar-refractivity contribution in [1.82, 2.24) is 10.6 Å². The quantitative estimate of drug-likeness (QED) is 0.875. The Bertz CT molecular complexity index is 410. The average molecular weight is 324 g/mol. The van der Waals surface area contributed by atoms with Gasteiger partial charge in [-0.05, 0) is 47.1 Å². The van der Waals surface area contributed by atoms with E-state index in [0.29, 0.717) is 10.0 Å². The second-order valence-corrected chi connectivity index (χ2v) is 4.65. The largest absolute Gasteiger partial charge is 0.348 e.